The van der Waals surface area contributed by atoms with E-state index in [1.165, 1.54) is 0 Å². The molecule has 1 fully saturated rings. The molecule has 1 aliphatic heterocycles. The first-order valence-electron chi connectivity index (χ1n) is 4.66. The number of urea groups is 1. The fourth-order valence-electron chi connectivity index (χ4n) is 1.38. The third kappa shape index (κ3) is 2.12. The summed E-state index contributed by atoms with van der Waals surface area (Å²) in [5.41, 5.74) is -0.0146. The smallest absolute Gasteiger partial charge is 0.318 e. The summed E-state index contributed by atoms with van der Waals surface area (Å²) in [6.45, 7) is 6.67. The molecule has 0 aromatic rings. The summed E-state index contributed by atoms with van der Waals surface area (Å²) < 4.78 is 0. The summed E-state index contributed by atoms with van der Waals surface area (Å²) in [7, 11) is 0. The standard InChI is InChI=1S/C9H18N2O2/c1-7(6-12)10-8(13)11-5-4-9(11,2)3/h7,12H,4-6H2,1-3H3,(H,10,13)/t7-/m0/s1. The molecule has 0 aromatic carbocycles. The van der Waals surface area contributed by atoms with Crippen molar-refractivity contribution in [3.05, 3.63) is 0 Å². The van der Waals surface area contributed by atoms with Gasteiger partial charge in [-0.05, 0) is 27.2 Å². The highest BCUT2D eigenvalue weighted by atomic mass is 16.3. The van der Waals surface area contributed by atoms with Crippen molar-refractivity contribution in [2.24, 2.45) is 0 Å². The molecule has 1 aliphatic rings. The Kier molecular flexibility index (Phi) is 2.81. The Morgan fingerprint density at radius 2 is 2.31 bits per heavy atom. The molecular weight excluding hydrogens is 168 g/mol. The molecule has 0 spiro atoms. The summed E-state index contributed by atoms with van der Waals surface area (Å²) >= 11 is 0. The van der Waals surface area contributed by atoms with Crippen LogP contribution in [0.25, 0.3) is 0 Å². The van der Waals surface area contributed by atoms with E-state index in [9.17, 15) is 4.79 Å². The van der Waals surface area contributed by atoms with E-state index in [4.69, 9.17) is 5.11 Å². The molecule has 76 valence electrons. The van der Waals surface area contributed by atoms with E-state index in [1.54, 1.807) is 11.8 Å². The van der Waals surface area contributed by atoms with Gasteiger partial charge in [-0.15, -0.1) is 0 Å². The van der Waals surface area contributed by atoms with Gasteiger partial charge in [0.05, 0.1) is 12.6 Å². The maximum Gasteiger partial charge on any atom is 0.318 e. The van der Waals surface area contributed by atoms with E-state index in [0.717, 1.165) is 13.0 Å². The topological polar surface area (TPSA) is 52.6 Å². The molecule has 2 N–H and O–H groups in total. The molecule has 4 nitrogen and oxygen atoms in total. The van der Waals surface area contributed by atoms with Gasteiger partial charge in [-0.1, -0.05) is 0 Å². The molecule has 0 aliphatic carbocycles. The number of rotatable bonds is 2. The van der Waals surface area contributed by atoms with E-state index in [0.29, 0.717) is 0 Å². The summed E-state index contributed by atoms with van der Waals surface area (Å²) in [5, 5.41) is 11.5. The van der Waals surface area contributed by atoms with Gasteiger partial charge in [0.1, 0.15) is 0 Å². The summed E-state index contributed by atoms with van der Waals surface area (Å²) in [5.74, 6) is 0. The molecule has 0 unspecified atom stereocenters. The Morgan fingerprint density at radius 1 is 1.69 bits per heavy atom. The van der Waals surface area contributed by atoms with Crippen LogP contribution in [0.1, 0.15) is 27.2 Å². The number of carbonyl (C=O) groups excluding carboxylic acids is 1. The minimum atomic E-state index is -0.163. The highest BCUT2D eigenvalue weighted by Gasteiger charge is 2.39. The van der Waals surface area contributed by atoms with E-state index in [1.807, 2.05) is 13.8 Å². The first kappa shape index (κ1) is 10.3. The van der Waals surface area contributed by atoms with Crippen LogP contribution in [0.4, 0.5) is 4.79 Å². The van der Waals surface area contributed by atoms with Crippen LogP contribution in [0.2, 0.25) is 0 Å². The molecule has 0 saturated carbocycles. The van der Waals surface area contributed by atoms with Crippen molar-refractivity contribution in [2.45, 2.75) is 38.8 Å². The third-order valence-electron chi connectivity index (χ3n) is 2.57. The average Bonchev–Trinajstić information content (AvgIpc) is 2.02. The number of hydrogen-bond acceptors (Lipinski definition) is 2. The summed E-state index contributed by atoms with van der Waals surface area (Å²) in [6, 6.07) is -0.235. The predicted octanol–water partition coefficient (Wildman–Crippen LogP) is 0.561. The van der Waals surface area contributed by atoms with Crippen LogP contribution in [0.15, 0.2) is 0 Å². The van der Waals surface area contributed by atoms with Crippen molar-refractivity contribution in [2.75, 3.05) is 13.2 Å². The molecule has 1 atom stereocenters. The fraction of sp³-hybridized carbons (Fsp3) is 0.889. The van der Waals surface area contributed by atoms with Crippen molar-refractivity contribution in [3.63, 3.8) is 0 Å². The predicted molar refractivity (Wildman–Crippen MR) is 50.5 cm³/mol. The van der Waals surface area contributed by atoms with Crippen LogP contribution in [0, 0.1) is 0 Å². The second kappa shape index (κ2) is 3.54. The monoisotopic (exact) mass is 186 g/mol. The van der Waals surface area contributed by atoms with Gasteiger partial charge in [0.25, 0.3) is 0 Å². The lowest BCUT2D eigenvalue weighted by Gasteiger charge is -2.48. The van der Waals surface area contributed by atoms with Crippen LogP contribution < -0.4 is 5.32 Å². The van der Waals surface area contributed by atoms with Crippen LogP contribution in [-0.4, -0.2) is 40.8 Å². The zero-order valence-corrected chi connectivity index (χ0v) is 8.50. The summed E-state index contributed by atoms with van der Waals surface area (Å²) in [4.78, 5) is 13.3. The first-order valence-corrected chi connectivity index (χ1v) is 4.66. The Morgan fingerprint density at radius 3 is 2.62 bits per heavy atom. The van der Waals surface area contributed by atoms with E-state index < -0.39 is 0 Å². The number of nitrogens with zero attached hydrogens (tertiary/aromatic N) is 1. The largest absolute Gasteiger partial charge is 0.394 e. The molecule has 4 heteroatoms. The Bertz CT molecular complexity index is 204. The maximum atomic E-state index is 11.5. The number of amides is 2. The van der Waals surface area contributed by atoms with Crippen LogP contribution in [0.3, 0.4) is 0 Å². The van der Waals surface area contributed by atoms with Gasteiger partial charge in [-0.3, -0.25) is 0 Å². The zero-order chi connectivity index (χ0) is 10.1. The molecule has 1 heterocycles. The molecule has 13 heavy (non-hydrogen) atoms. The van der Waals surface area contributed by atoms with Gasteiger partial charge in [-0.25, -0.2) is 4.79 Å². The minimum Gasteiger partial charge on any atom is -0.394 e. The van der Waals surface area contributed by atoms with Crippen molar-refractivity contribution in [1.82, 2.24) is 10.2 Å². The SMILES string of the molecule is C[C@@H](CO)NC(=O)N1CCC1(C)C. The van der Waals surface area contributed by atoms with Crippen LogP contribution >= 0.6 is 0 Å². The van der Waals surface area contributed by atoms with Gasteiger partial charge in [-0.2, -0.15) is 0 Å². The number of aliphatic hydroxyl groups excluding tert-OH is 1. The zero-order valence-electron chi connectivity index (χ0n) is 8.50. The molecule has 1 saturated heterocycles. The van der Waals surface area contributed by atoms with E-state index in [2.05, 4.69) is 5.32 Å². The Hall–Kier alpha value is -0.770. The van der Waals surface area contributed by atoms with Gasteiger partial charge in [0.2, 0.25) is 0 Å². The number of hydrogen-bond donors (Lipinski definition) is 2. The lowest BCUT2D eigenvalue weighted by molar-refractivity contribution is 0.0506. The van der Waals surface area contributed by atoms with Crippen molar-refractivity contribution < 1.29 is 9.90 Å². The molecule has 1 rings (SSSR count). The first-order chi connectivity index (χ1) is 5.97. The molecule has 2 amide bonds. The Balaban J connectivity index is 2.41. The van der Waals surface area contributed by atoms with E-state index in [-0.39, 0.29) is 24.2 Å². The Labute approximate surface area is 78.9 Å². The van der Waals surface area contributed by atoms with Crippen molar-refractivity contribution in [1.29, 1.82) is 0 Å². The fourth-order valence-corrected chi connectivity index (χ4v) is 1.38. The minimum absolute atomic E-state index is 0.0139. The normalized spacial score (nSPS) is 22.0. The van der Waals surface area contributed by atoms with Gasteiger partial charge >= 0.3 is 6.03 Å². The quantitative estimate of drug-likeness (QED) is 0.662. The second-order valence-corrected chi connectivity index (χ2v) is 4.25. The lowest BCUT2D eigenvalue weighted by atomic mass is 9.89. The number of carbonyl (C=O) groups is 1. The van der Waals surface area contributed by atoms with Crippen molar-refractivity contribution >= 4 is 6.03 Å². The molecule has 0 aromatic heterocycles. The average molecular weight is 186 g/mol. The van der Waals surface area contributed by atoms with E-state index >= 15 is 0 Å². The van der Waals surface area contributed by atoms with Crippen LogP contribution in [0.5, 0.6) is 0 Å². The second-order valence-electron chi connectivity index (χ2n) is 4.25. The van der Waals surface area contributed by atoms with Gasteiger partial charge < -0.3 is 15.3 Å². The molecule has 0 radical (unpaired) electrons. The maximum absolute atomic E-state index is 11.5. The summed E-state index contributed by atoms with van der Waals surface area (Å²) in [6.07, 6.45) is 1.05. The van der Waals surface area contributed by atoms with Crippen LogP contribution in [-0.2, 0) is 0 Å². The highest BCUT2D eigenvalue weighted by Crippen LogP contribution is 2.28. The lowest BCUT2D eigenvalue weighted by Crippen LogP contribution is -2.62. The molecular formula is C9H18N2O2. The number of nitrogens with one attached hydrogen (secondary N) is 1. The highest BCUT2D eigenvalue weighted by molar-refractivity contribution is 5.76. The molecule has 0 bridgehead atoms. The number of aliphatic hydroxyl groups is 1. The van der Waals surface area contributed by atoms with Gasteiger partial charge in [0, 0.05) is 12.1 Å². The third-order valence-corrected chi connectivity index (χ3v) is 2.57. The number of likely N-dealkylation sites (tertiary alicyclic amines) is 1. The van der Waals surface area contributed by atoms with Gasteiger partial charge in [0.15, 0.2) is 0 Å². The van der Waals surface area contributed by atoms with Crippen molar-refractivity contribution in [3.8, 4) is 0 Å².